The number of carbonyl (C=O) groups excluding carboxylic acids is 1. The summed E-state index contributed by atoms with van der Waals surface area (Å²) in [7, 11) is -3.74. The molecule has 2 aromatic carbocycles. The average Bonchev–Trinajstić information content (AvgIpc) is 2.84. The zero-order chi connectivity index (χ0) is 22.4. The zero-order valence-electron chi connectivity index (χ0n) is 17.6. The van der Waals surface area contributed by atoms with Crippen LogP contribution in [0.2, 0.25) is 0 Å². The van der Waals surface area contributed by atoms with E-state index in [1.54, 1.807) is 29.2 Å². The maximum atomic E-state index is 12.9. The molecule has 0 saturated carbocycles. The van der Waals surface area contributed by atoms with Crippen LogP contribution in [-0.4, -0.2) is 43.4 Å². The monoisotopic (exact) mass is 451 g/mol. The summed E-state index contributed by atoms with van der Waals surface area (Å²) in [5.74, 6) is -0.0995. The highest BCUT2D eigenvalue weighted by molar-refractivity contribution is 7.92. The highest BCUT2D eigenvalue weighted by Gasteiger charge is 2.24. The second-order valence-electron chi connectivity index (χ2n) is 7.65. The summed E-state index contributed by atoms with van der Waals surface area (Å²) in [4.78, 5) is 18.6. The molecule has 166 valence electrons. The van der Waals surface area contributed by atoms with Crippen molar-refractivity contribution in [3.63, 3.8) is 0 Å². The van der Waals surface area contributed by atoms with Gasteiger partial charge in [0, 0.05) is 31.0 Å². The van der Waals surface area contributed by atoms with Crippen molar-refractivity contribution in [1.29, 1.82) is 0 Å². The van der Waals surface area contributed by atoms with E-state index in [1.807, 2.05) is 30.3 Å². The molecule has 3 aromatic rings. The van der Waals surface area contributed by atoms with E-state index in [9.17, 15) is 13.2 Å². The number of ether oxygens (including phenoxy) is 1. The smallest absolute Gasteiger partial charge is 0.261 e. The second-order valence-corrected chi connectivity index (χ2v) is 9.34. The Hall–Kier alpha value is -3.23. The van der Waals surface area contributed by atoms with Gasteiger partial charge in [-0.3, -0.25) is 14.5 Å². The normalized spacial score (nSPS) is 14.8. The van der Waals surface area contributed by atoms with Gasteiger partial charge in [0.2, 0.25) is 0 Å². The van der Waals surface area contributed by atoms with Crippen molar-refractivity contribution in [2.45, 2.75) is 30.4 Å². The summed E-state index contributed by atoms with van der Waals surface area (Å²) in [5.41, 5.74) is 2.04. The minimum absolute atomic E-state index is 0.0962. The summed E-state index contributed by atoms with van der Waals surface area (Å²) < 4.78 is 33.6. The number of amides is 1. The molecule has 1 aliphatic heterocycles. The second kappa shape index (κ2) is 9.93. The quantitative estimate of drug-likeness (QED) is 0.592. The Bertz CT molecular complexity index is 1130. The molecule has 4 rings (SSSR count). The number of nitrogens with one attached hydrogen (secondary N) is 1. The summed E-state index contributed by atoms with van der Waals surface area (Å²) in [6.45, 7) is 1.80. The number of rotatable bonds is 7. The van der Waals surface area contributed by atoms with E-state index >= 15 is 0 Å². The molecule has 1 aliphatic rings. The molecule has 1 fully saturated rings. The van der Waals surface area contributed by atoms with Gasteiger partial charge in [-0.15, -0.1) is 0 Å². The molecule has 0 atom stereocenters. The predicted molar refractivity (Wildman–Crippen MR) is 122 cm³/mol. The van der Waals surface area contributed by atoms with Crippen molar-refractivity contribution < 1.29 is 17.9 Å². The fourth-order valence-electron chi connectivity index (χ4n) is 3.61. The number of pyridine rings is 1. The Morgan fingerprint density at radius 3 is 2.28 bits per heavy atom. The van der Waals surface area contributed by atoms with Crippen molar-refractivity contribution in [3.05, 3.63) is 90.3 Å². The van der Waals surface area contributed by atoms with Gasteiger partial charge in [-0.1, -0.05) is 30.3 Å². The number of piperidine rings is 1. The van der Waals surface area contributed by atoms with Crippen molar-refractivity contribution in [1.82, 2.24) is 9.88 Å². The largest absolute Gasteiger partial charge is 0.373 e. The summed E-state index contributed by atoms with van der Waals surface area (Å²) in [6.07, 6.45) is 4.71. The topological polar surface area (TPSA) is 88.6 Å². The maximum absolute atomic E-state index is 12.9. The highest BCUT2D eigenvalue weighted by Crippen LogP contribution is 2.20. The lowest BCUT2D eigenvalue weighted by molar-refractivity contribution is -0.000382. The van der Waals surface area contributed by atoms with E-state index in [-0.39, 0.29) is 16.9 Å². The lowest BCUT2D eigenvalue weighted by Gasteiger charge is -2.32. The fraction of sp³-hybridized carbons (Fsp3) is 0.250. The lowest BCUT2D eigenvalue weighted by atomic mass is 10.1. The van der Waals surface area contributed by atoms with E-state index in [0.717, 1.165) is 18.4 Å². The number of aromatic nitrogens is 1. The van der Waals surface area contributed by atoms with Crippen LogP contribution in [0.1, 0.15) is 28.8 Å². The van der Waals surface area contributed by atoms with E-state index in [0.29, 0.717) is 30.9 Å². The third-order valence-electron chi connectivity index (χ3n) is 5.40. The molecule has 1 aromatic heterocycles. The van der Waals surface area contributed by atoms with Crippen molar-refractivity contribution >= 4 is 21.6 Å². The molecule has 1 amide bonds. The standard InChI is InChI=1S/C24H25N3O4S/c28-24(27-16-12-22(13-17-27)31-18-19-4-2-1-3-5-19)20-6-8-23(9-7-20)32(29,30)26-21-10-14-25-15-11-21/h1-11,14-15,22H,12-13,16-18H2,(H,25,26). The number of anilines is 1. The summed E-state index contributed by atoms with van der Waals surface area (Å²) >= 11 is 0. The maximum Gasteiger partial charge on any atom is 0.261 e. The molecule has 8 heteroatoms. The first kappa shape index (κ1) is 22.0. The van der Waals surface area contributed by atoms with Crippen LogP contribution in [-0.2, 0) is 21.4 Å². The van der Waals surface area contributed by atoms with E-state index < -0.39 is 10.0 Å². The molecule has 0 unspecified atom stereocenters. The van der Waals surface area contributed by atoms with Crippen LogP contribution >= 0.6 is 0 Å². The van der Waals surface area contributed by atoms with Gasteiger partial charge in [-0.05, 0) is 54.8 Å². The third-order valence-corrected chi connectivity index (χ3v) is 6.80. The Kier molecular flexibility index (Phi) is 6.82. The molecule has 2 heterocycles. The van der Waals surface area contributed by atoms with E-state index in [2.05, 4.69) is 9.71 Å². The van der Waals surface area contributed by atoms with Crippen LogP contribution in [0.25, 0.3) is 0 Å². The van der Waals surface area contributed by atoms with Gasteiger partial charge in [0.1, 0.15) is 0 Å². The third kappa shape index (κ3) is 5.52. The molecule has 1 saturated heterocycles. The Morgan fingerprint density at radius 1 is 0.969 bits per heavy atom. The molecule has 0 bridgehead atoms. The molecule has 1 N–H and O–H groups in total. The van der Waals surface area contributed by atoms with Gasteiger partial charge in [0.15, 0.2) is 0 Å². The van der Waals surface area contributed by atoms with Crippen molar-refractivity contribution in [3.8, 4) is 0 Å². The van der Waals surface area contributed by atoms with Crippen molar-refractivity contribution in [2.24, 2.45) is 0 Å². The molecular weight excluding hydrogens is 426 g/mol. The highest BCUT2D eigenvalue weighted by atomic mass is 32.2. The summed E-state index contributed by atoms with van der Waals surface area (Å²) in [5, 5.41) is 0. The van der Waals surface area contributed by atoms with Crippen LogP contribution in [0.4, 0.5) is 5.69 Å². The fourth-order valence-corrected chi connectivity index (χ4v) is 4.67. The molecule has 32 heavy (non-hydrogen) atoms. The minimum Gasteiger partial charge on any atom is -0.373 e. The Morgan fingerprint density at radius 2 is 1.62 bits per heavy atom. The number of sulfonamides is 1. The van der Waals surface area contributed by atoms with Crippen molar-refractivity contribution in [2.75, 3.05) is 17.8 Å². The first-order valence-electron chi connectivity index (χ1n) is 10.5. The SMILES string of the molecule is O=C(c1ccc(S(=O)(=O)Nc2ccncc2)cc1)N1CCC(OCc2ccccc2)CC1. The van der Waals surface area contributed by atoms with Gasteiger partial charge in [-0.25, -0.2) is 8.42 Å². The number of nitrogens with zero attached hydrogens (tertiary/aromatic N) is 2. The predicted octanol–water partition coefficient (Wildman–Crippen LogP) is 3.70. The number of hydrogen-bond donors (Lipinski definition) is 1. The van der Waals surface area contributed by atoms with Crippen LogP contribution in [0.5, 0.6) is 0 Å². The number of carbonyl (C=O) groups is 1. The van der Waals surface area contributed by atoms with E-state index in [1.165, 1.54) is 24.5 Å². The molecular formula is C24H25N3O4S. The van der Waals surface area contributed by atoms with Gasteiger partial charge in [0.25, 0.3) is 15.9 Å². The van der Waals surface area contributed by atoms with Crippen LogP contribution in [0.15, 0.2) is 84.0 Å². The lowest BCUT2D eigenvalue weighted by Crippen LogP contribution is -2.40. The molecule has 0 spiro atoms. The number of likely N-dealkylation sites (tertiary alicyclic amines) is 1. The first-order valence-corrected chi connectivity index (χ1v) is 12.0. The average molecular weight is 452 g/mol. The number of hydrogen-bond acceptors (Lipinski definition) is 5. The Balaban J connectivity index is 1.31. The zero-order valence-corrected chi connectivity index (χ0v) is 18.4. The molecule has 0 aliphatic carbocycles. The van der Waals surface area contributed by atoms with E-state index in [4.69, 9.17) is 4.74 Å². The van der Waals surface area contributed by atoms with Gasteiger partial charge < -0.3 is 9.64 Å². The van der Waals surface area contributed by atoms with Gasteiger partial charge >= 0.3 is 0 Å². The first-order chi connectivity index (χ1) is 15.5. The summed E-state index contributed by atoms with van der Waals surface area (Å²) in [6, 6.07) is 19.2. The van der Waals surface area contributed by atoms with Gasteiger partial charge in [-0.2, -0.15) is 0 Å². The number of benzene rings is 2. The minimum atomic E-state index is -3.74. The van der Waals surface area contributed by atoms with Crippen LogP contribution in [0, 0.1) is 0 Å². The van der Waals surface area contributed by atoms with Crippen LogP contribution in [0.3, 0.4) is 0 Å². The Labute approximate surface area is 188 Å². The molecule has 0 radical (unpaired) electrons. The molecule has 7 nitrogen and oxygen atoms in total. The van der Waals surface area contributed by atoms with Crippen LogP contribution < -0.4 is 4.72 Å². The van der Waals surface area contributed by atoms with Gasteiger partial charge in [0.05, 0.1) is 23.3 Å².